The number of hydrogen-bond acceptors (Lipinski definition) is 6. The van der Waals surface area contributed by atoms with E-state index in [4.69, 9.17) is 11.5 Å². The number of phenols is 4. The molecule has 0 atom stereocenters. The normalized spacial score (nSPS) is 13.8. The lowest BCUT2D eigenvalue weighted by atomic mass is 9.52. The first-order valence-corrected chi connectivity index (χ1v) is 28.5. The first kappa shape index (κ1) is 64.5. The van der Waals surface area contributed by atoms with E-state index in [1.54, 1.807) is 0 Å². The lowest BCUT2D eigenvalue weighted by molar-refractivity contribution is -0.143. The number of phenolic OH excluding ortho intramolecular Hbond substituents is 4. The van der Waals surface area contributed by atoms with Crippen molar-refractivity contribution in [3.8, 4) is 23.0 Å². The van der Waals surface area contributed by atoms with Gasteiger partial charge in [0.2, 0.25) is 11.8 Å². The maximum Gasteiger partial charge on any atom is 0.224 e. The molecule has 0 fully saturated rings. The summed E-state index contributed by atoms with van der Waals surface area (Å²) in [6.07, 6.45) is 2.87. The van der Waals surface area contributed by atoms with Crippen LogP contribution in [0.5, 0.6) is 23.0 Å². The summed E-state index contributed by atoms with van der Waals surface area (Å²) in [5, 5.41) is 47.7. The maximum atomic E-state index is 15.7. The fourth-order valence-corrected chi connectivity index (χ4v) is 11.9. The Bertz CT molecular complexity index is 2480. The van der Waals surface area contributed by atoms with Gasteiger partial charge in [0.05, 0.1) is 5.41 Å². The van der Waals surface area contributed by atoms with Gasteiger partial charge in [-0.2, -0.15) is 0 Å². The lowest BCUT2D eigenvalue weighted by Crippen LogP contribution is -2.54. The highest BCUT2D eigenvalue weighted by atomic mass is 16.3. The number of benzene rings is 4. The second-order valence-corrected chi connectivity index (χ2v) is 31.5. The minimum Gasteiger partial charge on any atom is -0.507 e. The Morgan fingerprint density at radius 1 is 0.325 bits per heavy atom. The Kier molecular flexibility index (Phi) is 18.4. The van der Waals surface area contributed by atoms with Crippen molar-refractivity contribution < 1.29 is 30.0 Å². The van der Waals surface area contributed by atoms with Crippen molar-refractivity contribution in [1.82, 2.24) is 0 Å². The van der Waals surface area contributed by atoms with Crippen LogP contribution in [0.1, 0.15) is 265 Å². The molecule has 4 aromatic rings. The van der Waals surface area contributed by atoms with Crippen LogP contribution in [0.4, 0.5) is 0 Å². The molecule has 0 aliphatic rings. The molecular formula is C69H106N2O6. The summed E-state index contributed by atoms with van der Waals surface area (Å²) in [6.45, 7) is 50.3. The standard InChI is InChI=1S/C69H106N2O6/c1-60(2,3)46-33-42(34-47(55(46)73)61(4,5)6)25-29-68(41-54(70)72,30-26-43-35-48(62(7,8)9)56(74)49(36-43)63(10,11)12)69(59(71)77,31-27-44-37-50(64(13,14)15)57(75)51(38-44)65(16,17)18)32-28-45-39-52(66(19,20)21)58(76)53(40-45)67(22,23)24/h33-40,73-76H,25-32,41H2,1-24H3,(H2,70,72)(H2,71,77). The van der Waals surface area contributed by atoms with Crippen LogP contribution in [-0.2, 0) is 78.6 Å². The zero-order valence-corrected chi connectivity index (χ0v) is 52.7. The largest absolute Gasteiger partial charge is 0.507 e. The minimum atomic E-state index is -1.38. The molecule has 0 heterocycles. The van der Waals surface area contributed by atoms with Gasteiger partial charge in [0.1, 0.15) is 23.0 Å². The van der Waals surface area contributed by atoms with E-state index in [-0.39, 0.29) is 42.3 Å². The lowest BCUT2D eigenvalue weighted by Gasteiger charge is -2.50. The van der Waals surface area contributed by atoms with Crippen molar-refractivity contribution >= 4 is 11.8 Å². The third-order valence-electron chi connectivity index (χ3n) is 16.6. The van der Waals surface area contributed by atoms with Crippen molar-refractivity contribution in [2.24, 2.45) is 22.3 Å². The van der Waals surface area contributed by atoms with Gasteiger partial charge in [-0.15, -0.1) is 0 Å². The first-order chi connectivity index (χ1) is 34.5. The highest BCUT2D eigenvalue weighted by Gasteiger charge is 2.55. The Hall–Kier alpha value is -4.98. The molecule has 4 aromatic carbocycles. The molecule has 2 amide bonds. The molecule has 0 aromatic heterocycles. The van der Waals surface area contributed by atoms with E-state index in [0.29, 0.717) is 38.5 Å². The third-order valence-corrected chi connectivity index (χ3v) is 16.6. The summed E-state index contributed by atoms with van der Waals surface area (Å²) in [5.74, 6) is 0.0429. The topological polar surface area (TPSA) is 167 Å². The van der Waals surface area contributed by atoms with Gasteiger partial charge < -0.3 is 31.9 Å². The van der Waals surface area contributed by atoms with Crippen molar-refractivity contribution in [3.05, 3.63) is 115 Å². The van der Waals surface area contributed by atoms with Gasteiger partial charge >= 0.3 is 0 Å². The minimum absolute atomic E-state index is 0.130. The Morgan fingerprint density at radius 3 is 0.636 bits per heavy atom. The highest BCUT2D eigenvalue weighted by Crippen LogP contribution is 2.56. The molecule has 0 radical (unpaired) electrons. The number of carbonyl (C=O) groups excluding carboxylic acids is 2. The Balaban J connectivity index is 2.24. The Labute approximate surface area is 467 Å². The first-order valence-electron chi connectivity index (χ1n) is 28.5. The summed E-state index contributed by atoms with van der Waals surface area (Å²) in [6, 6.07) is 16.7. The van der Waals surface area contributed by atoms with Gasteiger partial charge in [0.25, 0.3) is 0 Å². The summed E-state index contributed by atoms with van der Waals surface area (Å²) in [4.78, 5) is 30.0. The molecular weight excluding hydrogens is 953 g/mol. The molecule has 0 unspecified atom stereocenters. The van der Waals surface area contributed by atoms with E-state index in [1.165, 1.54) is 0 Å². The number of primary amides is 2. The van der Waals surface area contributed by atoms with Gasteiger partial charge in [-0.1, -0.05) is 215 Å². The molecule has 0 bridgehead atoms. The monoisotopic (exact) mass is 1060 g/mol. The quantitative estimate of drug-likeness (QED) is 0.0653. The smallest absolute Gasteiger partial charge is 0.224 e. The predicted molar refractivity (Wildman–Crippen MR) is 323 cm³/mol. The zero-order valence-electron chi connectivity index (χ0n) is 52.7. The van der Waals surface area contributed by atoms with E-state index < -0.39 is 66.0 Å². The van der Waals surface area contributed by atoms with Crippen molar-refractivity contribution in [2.45, 2.75) is 267 Å². The molecule has 8 N–H and O–H groups in total. The highest BCUT2D eigenvalue weighted by molar-refractivity contribution is 5.84. The second kappa shape index (κ2) is 21.9. The van der Waals surface area contributed by atoms with Gasteiger partial charge in [-0.25, -0.2) is 0 Å². The molecule has 0 aliphatic heterocycles. The molecule has 428 valence electrons. The molecule has 0 saturated heterocycles. The summed E-state index contributed by atoms with van der Waals surface area (Å²) >= 11 is 0. The summed E-state index contributed by atoms with van der Waals surface area (Å²) < 4.78 is 0. The SMILES string of the molecule is CC(C)(C)c1cc(CCC(CCc2cc(C(C)(C)C)c(O)c(C(C)(C)C)c2)(CC(N)=O)C(CCc2cc(C(C)(C)C)c(O)c(C(C)(C)C)c2)(CCc2cc(C(C)(C)C)c(O)c(C(C)(C)C)c2)C(N)=O)cc(C(C)(C)C)c1O. The van der Waals surface area contributed by atoms with Crippen LogP contribution in [-0.4, -0.2) is 32.2 Å². The third kappa shape index (κ3) is 14.8. The van der Waals surface area contributed by atoms with Gasteiger partial charge in [0.15, 0.2) is 0 Å². The number of rotatable bonds is 16. The second-order valence-electron chi connectivity index (χ2n) is 31.5. The average Bonchev–Trinajstić information content (AvgIpc) is 3.22. The molecule has 4 rings (SSSR count). The number of carbonyl (C=O) groups is 2. The molecule has 77 heavy (non-hydrogen) atoms. The van der Waals surface area contributed by atoms with Crippen LogP contribution >= 0.6 is 0 Å². The van der Waals surface area contributed by atoms with E-state index in [9.17, 15) is 25.2 Å². The summed E-state index contributed by atoms with van der Waals surface area (Å²) in [7, 11) is 0. The van der Waals surface area contributed by atoms with Crippen LogP contribution in [0.2, 0.25) is 0 Å². The predicted octanol–water partition coefficient (Wildman–Crippen LogP) is 16.1. The number of nitrogens with two attached hydrogens (primary N) is 2. The van der Waals surface area contributed by atoms with Crippen LogP contribution in [0.3, 0.4) is 0 Å². The fourth-order valence-electron chi connectivity index (χ4n) is 11.9. The van der Waals surface area contributed by atoms with E-state index in [2.05, 4.69) is 215 Å². The maximum absolute atomic E-state index is 15.7. The van der Waals surface area contributed by atoms with Crippen LogP contribution in [0.25, 0.3) is 0 Å². The molecule has 8 nitrogen and oxygen atoms in total. The van der Waals surface area contributed by atoms with E-state index in [0.717, 1.165) is 66.8 Å². The molecule has 0 spiro atoms. The van der Waals surface area contributed by atoms with Crippen LogP contribution < -0.4 is 11.5 Å². The van der Waals surface area contributed by atoms with E-state index >= 15 is 4.79 Å². The van der Waals surface area contributed by atoms with Gasteiger partial charge in [0, 0.05) is 6.42 Å². The van der Waals surface area contributed by atoms with Crippen LogP contribution in [0.15, 0.2) is 48.5 Å². The average molecular weight is 1060 g/mol. The van der Waals surface area contributed by atoms with Crippen LogP contribution in [0, 0.1) is 10.8 Å². The Morgan fingerprint density at radius 2 is 0.494 bits per heavy atom. The number of aromatic hydroxyl groups is 4. The van der Waals surface area contributed by atoms with Gasteiger partial charge in [-0.3, -0.25) is 9.59 Å². The van der Waals surface area contributed by atoms with Crippen molar-refractivity contribution in [1.29, 1.82) is 0 Å². The number of hydrogen-bond donors (Lipinski definition) is 6. The van der Waals surface area contributed by atoms with Crippen molar-refractivity contribution in [2.75, 3.05) is 0 Å². The molecule has 8 heteroatoms. The molecule has 0 saturated carbocycles. The van der Waals surface area contributed by atoms with Crippen molar-refractivity contribution in [3.63, 3.8) is 0 Å². The molecule has 0 aliphatic carbocycles. The number of amides is 2. The fraction of sp³-hybridized carbons (Fsp3) is 0.623. The zero-order chi connectivity index (χ0) is 59.4. The summed E-state index contributed by atoms with van der Waals surface area (Å²) in [5.41, 5.74) is 18.4. The van der Waals surface area contributed by atoms with E-state index in [1.807, 2.05) is 0 Å². The number of aryl methyl sites for hydroxylation is 4. The van der Waals surface area contributed by atoms with Gasteiger partial charge in [-0.05, 0) is 167 Å².